The highest BCUT2D eigenvalue weighted by atomic mass is 15.3. The third-order valence-electron chi connectivity index (χ3n) is 3.39. The van der Waals surface area contributed by atoms with Crippen molar-refractivity contribution in [1.82, 2.24) is 24.9 Å². The molecule has 5 heteroatoms. The Bertz CT molecular complexity index is 539. The molecule has 1 N–H and O–H groups in total. The number of nitrogens with zero attached hydrogens (tertiary/aromatic N) is 4. The van der Waals surface area contributed by atoms with E-state index < -0.39 is 0 Å². The van der Waals surface area contributed by atoms with Crippen LogP contribution >= 0.6 is 0 Å². The molecule has 0 bridgehead atoms. The van der Waals surface area contributed by atoms with E-state index in [1.807, 2.05) is 6.92 Å². The second kappa shape index (κ2) is 4.07. The first-order chi connectivity index (χ1) is 8.24. The molecule has 90 valence electrons. The third-order valence-corrected chi connectivity index (χ3v) is 3.39. The van der Waals surface area contributed by atoms with Crippen molar-refractivity contribution in [1.29, 1.82) is 0 Å². The van der Waals surface area contributed by atoms with Gasteiger partial charge in [-0.2, -0.15) is 0 Å². The predicted molar refractivity (Wildman–Crippen MR) is 64.9 cm³/mol. The van der Waals surface area contributed by atoms with Gasteiger partial charge in [0.15, 0.2) is 0 Å². The van der Waals surface area contributed by atoms with Gasteiger partial charge in [0.1, 0.15) is 5.82 Å². The first kappa shape index (κ1) is 10.7. The van der Waals surface area contributed by atoms with Gasteiger partial charge in [-0.25, -0.2) is 4.98 Å². The van der Waals surface area contributed by atoms with E-state index in [-0.39, 0.29) is 0 Å². The highest BCUT2D eigenvalue weighted by molar-refractivity contribution is 5.32. The average Bonchev–Trinajstić information content (AvgIpc) is 2.88. The third kappa shape index (κ3) is 1.91. The Balaban J connectivity index is 1.99. The summed E-state index contributed by atoms with van der Waals surface area (Å²) in [7, 11) is 0. The lowest BCUT2D eigenvalue weighted by Crippen LogP contribution is -2.13. The molecule has 2 aromatic heterocycles. The van der Waals surface area contributed by atoms with Crippen molar-refractivity contribution in [2.24, 2.45) is 5.92 Å². The van der Waals surface area contributed by atoms with Crippen LogP contribution in [0.15, 0.2) is 6.07 Å². The fourth-order valence-electron chi connectivity index (χ4n) is 2.58. The molecular formula is C12H17N5. The molecule has 1 saturated heterocycles. The molecule has 1 aliphatic heterocycles. The Hall–Kier alpha value is -1.49. The lowest BCUT2D eigenvalue weighted by molar-refractivity contribution is 0.557. The van der Waals surface area contributed by atoms with Gasteiger partial charge in [0.25, 0.3) is 5.78 Å². The van der Waals surface area contributed by atoms with Crippen LogP contribution in [0.4, 0.5) is 0 Å². The molecule has 0 radical (unpaired) electrons. The van der Waals surface area contributed by atoms with E-state index in [9.17, 15) is 0 Å². The van der Waals surface area contributed by atoms with Gasteiger partial charge >= 0.3 is 0 Å². The largest absolute Gasteiger partial charge is 0.316 e. The fraction of sp³-hybridized carbons (Fsp3) is 0.583. The number of nitrogens with one attached hydrogen (secondary N) is 1. The Morgan fingerprint density at radius 3 is 3.06 bits per heavy atom. The van der Waals surface area contributed by atoms with Crippen LogP contribution < -0.4 is 5.32 Å². The zero-order chi connectivity index (χ0) is 11.8. The van der Waals surface area contributed by atoms with Gasteiger partial charge in [-0.1, -0.05) is 0 Å². The molecule has 1 aliphatic rings. The molecule has 0 aliphatic carbocycles. The van der Waals surface area contributed by atoms with E-state index in [0.717, 1.165) is 36.8 Å². The maximum atomic E-state index is 4.41. The molecule has 5 nitrogen and oxygen atoms in total. The molecule has 3 rings (SSSR count). The van der Waals surface area contributed by atoms with Crippen molar-refractivity contribution in [2.45, 2.75) is 26.7 Å². The first-order valence-electron chi connectivity index (χ1n) is 6.13. The van der Waals surface area contributed by atoms with E-state index in [4.69, 9.17) is 0 Å². The van der Waals surface area contributed by atoms with E-state index in [2.05, 4.69) is 37.9 Å². The van der Waals surface area contributed by atoms with Crippen molar-refractivity contribution < 1.29 is 0 Å². The summed E-state index contributed by atoms with van der Waals surface area (Å²) in [5.41, 5.74) is 2.16. The molecule has 1 atom stereocenters. The van der Waals surface area contributed by atoms with Crippen molar-refractivity contribution in [3.05, 3.63) is 23.3 Å². The quantitative estimate of drug-likeness (QED) is 0.834. The molecule has 0 spiro atoms. The molecule has 17 heavy (non-hydrogen) atoms. The predicted octanol–water partition coefficient (Wildman–Crippen LogP) is 0.893. The summed E-state index contributed by atoms with van der Waals surface area (Å²) < 4.78 is 2.07. The zero-order valence-corrected chi connectivity index (χ0v) is 10.3. The number of aromatic nitrogens is 4. The summed E-state index contributed by atoms with van der Waals surface area (Å²) in [5.74, 6) is 2.45. The van der Waals surface area contributed by atoms with Crippen LogP contribution in [-0.2, 0) is 6.42 Å². The van der Waals surface area contributed by atoms with Gasteiger partial charge in [-0.05, 0) is 45.3 Å². The van der Waals surface area contributed by atoms with Crippen LogP contribution in [0, 0.1) is 19.8 Å². The summed E-state index contributed by atoms with van der Waals surface area (Å²) in [6.07, 6.45) is 2.22. The van der Waals surface area contributed by atoms with Gasteiger partial charge in [0, 0.05) is 17.8 Å². The first-order valence-corrected chi connectivity index (χ1v) is 6.13. The van der Waals surface area contributed by atoms with E-state index >= 15 is 0 Å². The maximum Gasteiger partial charge on any atom is 0.255 e. The summed E-state index contributed by atoms with van der Waals surface area (Å²) in [6.45, 7) is 6.29. The molecule has 2 aromatic rings. The average molecular weight is 231 g/mol. The minimum Gasteiger partial charge on any atom is -0.316 e. The number of hydrogen-bond acceptors (Lipinski definition) is 4. The van der Waals surface area contributed by atoms with Crippen LogP contribution in [0.3, 0.4) is 0 Å². The Morgan fingerprint density at radius 2 is 2.29 bits per heavy atom. The number of hydrogen-bond donors (Lipinski definition) is 1. The van der Waals surface area contributed by atoms with Crippen LogP contribution in [0.25, 0.3) is 5.78 Å². The van der Waals surface area contributed by atoms with Gasteiger partial charge in [-0.15, -0.1) is 10.2 Å². The van der Waals surface area contributed by atoms with Gasteiger partial charge in [-0.3, -0.25) is 4.40 Å². The van der Waals surface area contributed by atoms with E-state index in [0.29, 0.717) is 5.92 Å². The number of aryl methyl sites for hydroxylation is 2. The van der Waals surface area contributed by atoms with E-state index in [1.54, 1.807) is 0 Å². The topological polar surface area (TPSA) is 55.1 Å². The SMILES string of the molecule is Cc1cc(C)n2c(CC3CCNC3)nnc2n1. The Labute approximate surface area is 100 Å². The zero-order valence-electron chi connectivity index (χ0n) is 10.3. The van der Waals surface area contributed by atoms with Crippen LogP contribution in [0.1, 0.15) is 23.6 Å². The normalized spacial score (nSPS) is 20.2. The van der Waals surface area contributed by atoms with Crippen molar-refractivity contribution in [3.8, 4) is 0 Å². The van der Waals surface area contributed by atoms with Crippen LogP contribution in [0.2, 0.25) is 0 Å². The second-order valence-electron chi connectivity index (χ2n) is 4.85. The highest BCUT2D eigenvalue weighted by Crippen LogP contribution is 2.15. The van der Waals surface area contributed by atoms with E-state index in [1.165, 1.54) is 12.1 Å². The van der Waals surface area contributed by atoms with Crippen molar-refractivity contribution >= 4 is 5.78 Å². The molecule has 0 saturated carbocycles. The minimum atomic E-state index is 0.683. The summed E-state index contributed by atoms with van der Waals surface area (Å²) >= 11 is 0. The number of rotatable bonds is 2. The Morgan fingerprint density at radius 1 is 1.41 bits per heavy atom. The summed E-state index contributed by atoms with van der Waals surface area (Å²) in [6, 6.07) is 2.08. The highest BCUT2D eigenvalue weighted by Gasteiger charge is 2.18. The molecule has 0 amide bonds. The van der Waals surface area contributed by atoms with Gasteiger partial charge < -0.3 is 5.32 Å². The van der Waals surface area contributed by atoms with Gasteiger partial charge in [0.05, 0.1) is 0 Å². The molecule has 1 fully saturated rings. The van der Waals surface area contributed by atoms with Gasteiger partial charge in [0.2, 0.25) is 0 Å². The molecule has 0 aromatic carbocycles. The molecule has 1 unspecified atom stereocenters. The standard InChI is InChI=1S/C12H17N5/c1-8-5-9(2)17-11(15-16-12(17)14-8)6-10-3-4-13-7-10/h5,10,13H,3-4,6-7H2,1-2H3. The van der Waals surface area contributed by atoms with Crippen LogP contribution in [-0.4, -0.2) is 32.7 Å². The van der Waals surface area contributed by atoms with Crippen molar-refractivity contribution in [3.63, 3.8) is 0 Å². The lowest BCUT2D eigenvalue weighted by Gasteiger charge is -2.08. The van der Waals surface area contributed by atoms with Crippen LogP contribution in [0.5, 0.6) is 0 Å². The maximum absolute atomic E-state index is 4.41. The monoisotopic (exact) mass is 231 g/mol. The lowest BCUT2D eigenvalue weighted by atomic mass is 10.0. The number of fused-ring (bicyclic) bond motifs is 1. The minimum absolute atomic E-state index is 0.683. The second-order valence-corrected chi connectivity index (χ2v) is 4.85. The molecular weight excluding hydrogens is 214 g/mol. The molecule has 3 heterocycles. The Kier molecular flexibility index (Phi) is 2.55. The summed E-state index contributed by atoms with van der Waals surface area (Å²) in [4.78, 5) is 4.41. The van der Waals surface area contributed by atoms with Crippen molar-refractivity contribution in [2.75, 3.05) is 13.1 Å². The smallest absolute Gasteiger partial charge is 0.255 e. The summed E-state index contributed by atoms with van der Waals surface area (Å²) in [5, 5.41) is 11.8. The fourth-order valence-corrected chi connectivity index (χ4v) is 2.58.